The Labute approximate surface area is 232 Å². The molecule has 0 spiro atoms. The van der Waals surface area contributed by atoms with Crippen molar-refractivity contribution < 1.29 is 33.3 Å². The van der Waals surface area contributed by atoms with Gasteiger partial charge in [-0.05, 0) is 31.2 Å². The number of nitrogen functional groups attached to an aromatic ring is 1. The normalized spacial score (nSPS) is 13.2. The molecule has 1 unspecified atom stereocenters. The minimum Gasteiger partial charge on any atom is -0.463 e. The molecule has 0 fully saturated rings. The average molecular weight is 567 g/mol. The average Bonchev–Trinajstić information content (AvgIpc) is 3.27. The number of nitrogens with zero attached hydrogens (tertiary/aromatic N) is 3. The van der Waals surface area contributed by atoms with Crippen molar-refractivity contribution in [2.24, 2.45) is 0 Å². The Morgan fingerprint density at radius 2 is 1.55 bits per heavy atom. The molecule has 0 radical (unpaired) electrons. The molecule has 0 aliphatic rings. The number of thiazole rings is 1. The highest BCUT2D eigenvalue weighted by Gasteiger charge is 2.32. The number of ether oxygens (including phenoxy) is 4. The first-order valence-corrected chi connectivity index (χ1v) is 12.9. The summed E-state index contributed by atoms with van der Waals surface area (Å²) in [5.41, 5.74) is 6.53. The number of fused-ring (bicyclic) bond motifs is 1. The van der Waals surface area contributed by atoms with E-state index >= 15 is 0 Å². The van der Waals surface area contributed by atoms with Crippen LogP contribution in [0, 0.1) is 0 Å². The zero-order valence-electron chi connectivity index (χ0n) is 21.6. The van der Waals surface area contributed by atoms with Gasteiger partial charge in [-0.15, -0.1) is 0 Å². The summed E-state index contributed by atoms with van der Waals surface area (Å²) in [6.07, 6.45) is -2.00. The van der Waals surface area contributed by atoms with Gasteiger partial charge in [-0.2, -0.15) is 4.98 Å². The van der Waals surface area contributed by atoms with Crippen molar-refractivity contribution in [3.63, 3.8) is 0 Å². The molecule has 0 bridgehead atoms. The zero-order chi connectivity index (χ0) is 28.6. The maximum absolute atomic E-state index is 13.1. The third-order valence-corrected chi connectivity index (χ3v) is 6.43. The molecule has 0 aliphatic heterocycles. The number of carbonyl (C=O) groups excluding carboxylic acids is 3. The minimum absolute atomic E-state index is 0.0833. The monoisotopic (exact) mass is 566 g/mol. The summed E-state index contributed by atoms with van der Waals surface area (Å²) in [4.78, 5) is 57.8. The maximum Gasteiger partial charge on any atom is 0.338 e. The topological polar surface area (TPSA) is 162 Å². The molecule has 2 N–H and O–H groups in total. The van der Waals surface area contributed by atoms with E-state index in [1.54, 1.807) is 60.7 Å². The van der Waals surface area contributed by atoms with Gasteiger partial charge in [-0.25, -0.2) is 14.6 Å². The van der Waals surface area contributed by atoms with E-state index in [0.29, 0.717) is 10.3 Å². The Morgan fingerprint density at radius 3 is 2.17 bits per heavy atom. The van der Waals surface area contributed by atoms with Crippen LogP contribution in [0.3, 0.4) is 0 Å². The second-order valence-corrected chi connectivity index (χ2v) is 9.54. The zero-order valence-corrected chi connectivity index (χ0v) is 22.4. The van der Waals surface area contributed by atoms with Gasteiger partial charge in [-0.3, -0.25) is 14.2 Å². The van der Waals surface area contributed by atoms with Crippen molar-refractivity contribution in [2.45, 2.75) is 32.3 Å². The number of benzene rings is 2. The lowest BCUT2D eigenvalue weighted by atomic mass is 10.2. The first-order chi connectivity index (χ1) is 19.2. The van der Waals surface area contributed by atoms with E-state index in [1.807, 2.05) is 0 Å². The van der Waals surface area contributed by atoms with Crippen molar-refractivity contribution in [3.05, 3.63) is 87.7 Å². The predicted octanol–water partition coefficient (Wildman–Crippen LogP) is 2.98. The molecule has 0 amide bonds. The summed E-state index contributed by atoms with van der Waals surface area (Å²) in [7, 11) is 0. The van der Waals surface area contributed by atoms with E-state index in [4.69, 9.17) is 24.7 Å². The van der Waals surface area contributed by atoms with Crippen LogP contribution < -0.4 is 10.6 Å². The van der Waals surface area contributed by atoms with Crippen LogP contribution in [0.25, 0.3) is 10.3 Å². The fraction of sp³-hybridized carbons (Fsp3) is 0.259. The number of nitrogens with two attached hydrogens (primary N) is 1. The number of rotatable bonds is 11. The number of hydrogen-bond donors (Lipinski definition) is 1. The highest BCUT2D eigenvalue weighted by atomic mass is 32.1. The van der Waals surface area contributed by atoms with Crippen LogP contribution in [0.1, 0.15) is 40.8 Å². The van der Waals surface area contributed by atoms with E-state index in [-0.39, 0.29) is 30.4 Å². The maximum atomic E-state index is 13.1. The summed E-state index contributed by atoms with van der Waals surface area (Å²) in [6, 6.07) is 16.6. The SMILES string of the molecule is CC(=O)OC[C@@H](COC(=O)c1ccccc1)O[C@H](C(C)OC(=O)c1ccccc1)n1c(=O)sc2cnc(N)nc21. The molecule has 12 nitrogen and oxygen atoms in total. The van der Waals surface area contributed by atoms with Gasteiger partial charge in [0.2, 0.25) is 5.95 Å². The summed E-state index contributed by atoms with van der Waals surface area (Å²) < 4.78 is 24.0. The third kappa shape index (κ3) is 7.07. The van der Waals surface area contributed by atoms with Crippen molar-refractivity contribution >= 4 is 45.5 Å². The highest BCUT2D eigenvalue weighted by Crippen LogP contribution is 2.26. The first kappa shape index (κ1) is 28.4. The lowest BCUT2D eigenvalue weighted by molar-refractivity contribution is -0.161. The lowest BCUT2D eigenvalue weighted by Crippen LogP contribution is -2.39. The van der Waals surface area contributed by atoms with Gasteiger partial charge in [0.1, 0.15) is 25.4 Å². The van der Waals surface area contributed by atoms with Crippen LogP contribution >= 0.6 is 11.3 Å². The molecular weight excluding hydrogens is 540 g/mol. The van der Waals surface area contributed by atoms with Crippen molar-refractivity contribution in [2.75, 3.05) is 18.9 Å². The van der Waals surface area contributed by atoms with Crippen molar-refractivity contribution in [3.8, 4) is 0 Å². The Balaban J connectivity index is 1.65. The van der Waals surface area contributed by atoms with Gasteiger partial charge < -0.3 is 24.7 Å². The standard InChI is InChI=1S/C27H26N4O8S/c1-16(38-25(34)19-11-7-4-8-12-19)23(31-22-21(40-27(31)35)13-29-26(28)30-22)39-20(14-36-17(2)32)15-37-24(33)18-9-5-3-6-10-18/h3-13,16,20,23H,14-15H2,1-2H3,(H2,28,29,30)/t16?,20-,23+/m0/s1. The highest BCUT2D eigenvalue weighted by molar-refractivity contribution is 7.16. The molecule has 4 rings (SSSR count). The van der Waals surface area contributed by atoms with Gasteiger partial charge in [0.15, 0.2) is 11.9 Å². The summed E-state index contributed by atoms with van der Waals surface area (Å²) in [5, 5.41) is 0. The number of aromatic nitrogens is 3. The molecule has 2 aromatic heterocycles. The molecule has 2 heterocycles. The smallest absolute Gasteiger partial charge is 0.338 e. The largest absolute Gasteiger partial charge is 0.463 e. The molecule has 208 valence electrons. The number of carbonyl (C=O) groups is 3. The van der Waals surface area contributed by atoms with Crippen molar-refractivity contribution in [1.82, 2.24) is 14.5 Å². The fourth-order valence-corrected chi connectivity index (χ4v) is 4.50. The van der Waals surface area contributed by atoms with E-state index < -0.39 is 41.2 Å². The molecule has 0 saturated heterocycles. The minimum atomic E-state index is -1.28. The second-order valence-electron chi connectivity index (χ2n) is 8.55. The Hall–Kier alpha value is -4.62. The Kier molecular flexibility index (Phi) is 9.19. The molecule has 2 aromatic carbocycles. The number of esters is 3. The fourth-order valence-electron chi connectivity index (χ4n) is 3.68. The molecular formula is C27H26N4O8S. The van der Waals surface area contributed by atoms with Crippen molar-refractivity contribution in [1.29, 1.82) is 0 Å². The lowest BCUT2D eigenvalue weighted by Gasteiger charge is -2.29. The van der Waals surface area contributed by atoms with Crippen LogP contribution in [0.5, 0.6) is 0 Å². The molecule has 4 aromatic rings. The molecule has 13 heteroatoms. The van der Waals surface area contributed by atoms with E-state index in [0.717, 1.165) is 11.3 Å². The van der Waals surface area contributed by atoms with Gasteiger partial charge in [0, 0.05) is 6.92 Å². The van der Waals surface area contributed by atoms with Crippen LogP contribution in [-0.2, 0) is 23.7 Å². The Bertz CT molecular complexity index is 1540. The molecule has 0 saturated carbocycles. The Morgan fingerprint density at radius 1 is 0.950 bits per heavy atom. The predicted molar refractivity (Wildman–Crippen MR) is 145 cm³/mol. The van der Waals surface area contributed by atoms with E-state index in [1.165, 1.54) is 24.6 Å². The van der Waals surface area contributed by atoms with Crippen LogP contribution in [-0.4, -0.2) is 57.9 Å². The van der Waals surface area contributed by atoms with Gasteiger partial charge in [-0.1, -0.05) is 47.7 Å². The summed E-state index contributed by atoms with van der Waals surface area (Å²) >= 11 is 0.845. The summed E-state index contributed by atoms with van der Waals surface area (Å²) in [5.74, 6) is -1.96. The van der Waals surface area contributed by atoms with Crippen LogP contribution in [0.15, 0.2) is 71.7 Å². The number of anilines is 1. The first-order valence-electron chi connectivity index (χ1n) is 12.1. The van der Waals surface area contributed by atoms with E-state index in [9.17, 15) is 19.2 Å². The third-order valence-electron chi connectivity index (χ3n) is 5.55. The summed E-state index contributed by atoms with van der Waals surface area (Å²) in [6.45, 7) is 2.09. The van der Waals surface area contributed by atoms with Gasteiger partial charge >= 0.3 is 22.8 Å². The van der Waals surface area contributed by atoms with Gasteiger partial charge in [0.25, 0.3) is 0 Å². The van der Waals surface area contributed by atoms with Crippen LogP contribution in [0.4, 0.5) is 5.95 Å². The quantitative estimate of drug-likeness (QED) is 0.210. The molecule has 40 heavy (non-hydrogen) atoms. The molecule has 3 atom stereocenters. The van der Waals surface area contributed by atoms with Gasteiger partial charge in [0.05, 0.1) is 22.0 Å². The van der Waals surface area contributed by atoms with E-state index in [2.05, 4.69) is 9.97 Å². The molecule has 0 aliphatic carbocycles. The van der Waals surface area contributed by atoms with Crippen LogP contribution in [0.2, 0.25) is 0 Å². The second kappa shape index (κ2) is 13.0. The number of hydrogen-bond acceptors (Lipinski definition) is 12.